The summed E-state index contributed by atoms with van der Waals surface area (Å²) < 4.78 is 7.95. The second-order valence-electron chi connectivity index (χ2n) is 7.55. The average Bonchev–Trinajstić information content (AvgIpc) is 3.39. The summed E-state index contributed by atoms with van der Waals surface area (Å²) in [6.45, 7) is 3.35. The highest BCUT2D eigenvalue weighted by atomic mass is 35.5. The number of methoxy groups -OCH3 is 1. The van der Waals surface area contributed by atoms with Crippen LogP contribution in [0.1, 0.15) is 32.4 Å². The Labute approximate surface area is 178 Å². The van der Waals surface area contributed by atoms with Crippen molar-refractivity contribution in [1.82, 2.24) is 24.7 Å². The summed E-state index contributed by atoms with van der Waals surface area (Å²) in [5, 5.41) is 3.02. The summed E-state index contributed by atoms with van der Waals surface area (Å²) in [6, 6.07) is 3.17. The Bertz CT molecular complexity index is 914. The van der Waals surface area contributed by atoms with Crippen molar-refractivity contribution in [1.29, 1.82) is 0 Å². The number of thiophene rings is 1. The van der Waals surface area contributed by atoms with Gasteiger partial charge >= 0.3 is 0 Å². The molecule has 1 saturated heterocycles. The van der Waals surface area contributed by atoms with E-state index >= 15 is 0 Å². The van der Waals surface area contributed by atoms with Gasteiger partial charge in [-0.25, -0.2) is 4.98 Å². The zero-order valence-electron chi connectivity index (χ0n) is 16.4. The van der Waals surface area contributed by atoms with Crippen LogP contribution in [0.4, 0.5) is 0 Å². The van der Waals surface area contributed by atoms with Crippen molar-refractivity contribution in [2.45, 2.75) is 31.6 Å². The highest BCUT2D eigenvalue weighted by Crippen LogP contribution is 2.24. The number of hydrogen-bond donors (Lipinski definition) is 1. The summed E-state index contributed by atoms with van der Waals surface area (Å²) in [5.74, 6) is 0.620. The number of carbonyl (C=O) groups excluding carboxylic acids is 2. The third-order valence-electron chi connectivity index (χ3n) is 5.38. The molecule has 2 aromatic rings. The Morgan fingerprint density at radius 2 is 2.21 bits per heavy atom. The number of imidazole rings is 1. The number of fused-ring (bicyclic) bond motifs is 1. The number of ether oxygens (including phenoxy) is 1. The Morgan fingerprint density at radius 3 is 2.93 bits per heavy atom. The van der Waals surface area contributed by atoms with Crippen LogP contribution in [-0.2, 0) is 17.8 Å². The van der Waals surface area contributed by atoms with E-state index in [4.69, 9.17) is 16.3 Å². The maximum Gasteiger partial charge on any atom is 0.274 e. The average molecular weight is 438 g/mol. The molecular weight excluding hydrogens is 414 g/mol. The minimum absolute atomic E-state index is 0.105. The number of likely N-dealkylation sites (tertiary alicyclic amines) is 1. The molecule has 2 amide bonds. The number of hydrogen-bond acceptors (Lipinski definition) is 6. The molecular formula is C19H24ClN5O3S. The molecule has 0 radical (unpaired) electrons. The van der Waals surface area contributed by atoms with E-state index < -0.39 is 0 Å². The van der Waals surface area contributed by atoms with E-state index in [1.165, 1.54) is 11.3 Å². The quantitative estimate of drug-likeness (QED) is 0.770. The van der Waals surface area contributed by atoms with E-state index in [0.717, 1.165) is 25.5 Å². The molecule has 1 fully saturated rings. The van der Waals surface area contributed by atoms with Crippen LogP contribution in [0.5, 0.6) is 0 Å². The molecule has 29 heavy (non-hydrogen) atoms. The summed E-state index contributed by atoms with van der Waals surface area (Å²) in [7, 11) is 3.66. The molecule has 10 heteroatoms. The topological polar surface area (TPSA) is 79.7 Å². The normalized spacial score (nSPS) is 22.0. The van der Waals surface area contributed by atoms with Gasteiger partial charge in [0.05, 0.1) is 28.4 Å². The lowest BCUT2D eigenvalue weighted by Crippen LogP contribution is -2.40. The smallest absolute Gasteiger partial charge is 0.274 e. The molecule has 0 spiro atoms. The standard InChI is InChI=1S/C19H24ClN5O3S/c1-23-5-6-24-9-14(22-17(24)10-23)19(27)25-8-12(7-13(25)11-28-2)21-18(26)15-3-4-16(20)29-15/h3-4,9,12-13H,5-8,10-11H2,1-2H3,(H,21,26)/t12-,13+/m1/s1. The Morgan fingerprint density at radius 1 is 1.38 bits per heavy atom. The lowest BCUT2D eigenvalue weighted by molar-refractivity contribution is 0.0623. The summed E-state index contributed by atoms with van der Waals surface area (Å²) >= 11 is 7.17. The van der Waals surface area contributed by atoms with Crippen molar-refractivity contribution in [3.8, 4) is 0 Å². The van der Waals surface area contributed by atoms with Crippen LogP contribution in [0.2, 0.25) is 4.34 Å². The highest BCUT2D eigenvalue weighted by Gasteiger charge is 2.37. The monoisotopic (exact) mass is 437 g/mol. The molecule has 0 aromatic carbocycles. The van der Waals surface area contributed by atoms with Crippen molar-refractivity contribution >= 4 is 34.8 Å². The van der Waals surface area contributed by atoms with Crippen LogP contribution in [0.25, 0.3) is 0 Å². The van der Waals surface area contributed by atoms with Crippen LogP contribution in [0, 0.1) is 0 Å². The van der Waals surface area contributed by atoms with Gasteiger partial charge in [0.15, 0.2) is 0 Å². The highest BCUT2D eigenvalue weighted by molar-refractivity contribution is 7.18. The molecule has 4 heterocycles. The zero-order chi connectivity index (χ0) is 20.5. The molecule has 8 nitrogen and oxygen atoms in total. The third kappa shape index (κ3) is 4.32. The molecule has 1 N–H and O–H groups in total. The zero-order valence-corrected chi connectivity index (χ0v) is 18.0. The Hall–Kier alpha value is -1.94. The van der Waals surface area contributed by atoms with E-state index in [9.17, 15) is 9.59 Å². The van der Waals surface area contributed by atoms with Crippen LogP contribution < -0.4 is 5.32 Å². The van der Waals surface area contributed by atoms with E-state index in [0.29, 0.717) is 34.5 Å². The number of likely N-dealkylation sites (N-methyl/N-ethyl adjacent to an activating group) is 1. The molecule has 0 bridgehead atoms. The molecule has 2 aromatic heterocycles. The molecule has 4 rings (SSSR count). The second kappa shape index (κ2) is 8.43. The first-order valence-electron chi connectivity index (χ1n) is 9.55. The van der Waals surface area contributed by atoms with Gasteiger partial charge < -0.3 is 19.5 Å². The van der Waals surface area contributed by atoms with Gasteiger partial charge in [-0.1, -0.05) is 11.6 Å². The largest absolute Gasteiger partial charge is 0.383 e. The van der Waals surface area contributed by atoms with E-state index in [-0.39, 0.29) is 23.9 Å². The Balaban J connectivity index is 1.47. The number of nitrogens with one attached hydrogen (secondary N) is 1. The molecule has 156 valence electrons. The first-order chi connectivity index (χ1) is 13.9. The molecule has 2 aliphatic heterocycles. The SMILES string of the molecule is COC[C@@H]1C[C@@H](NC(=O)c2ccc(Cl)s2)CN1C(=O)c1cn2c(n1)CN(C)CC2. The number of aromatic nitrogens is 2. The van der Waals surface area contributed by atoms with Gasteiger partial charge in [0.25, 0.3) is 11.8 Å². The van der Waals surface area contributed by atoms with Crippen LogP contribution in [0.3, 0.4) is 0 Å². The van der Waals surface area contributed by atoms with E-state index in [1.54, 1.807) is 24.1 Å². The molecule has 0 unspecified atom stereocenters. The van der Waals surface area contributed by atoms with Crippen LogP contribution in [-0.4, -0.2) is 77.1 Å². The van der Waals surface area contributed by atoms with Gasteiger partial charge in [-0.05, 0) is 25.6 Å². The molecule has 2 atom stereocenters. The lowest BCUT2D eigenvalue weighted by atomic mass is 10.2. The molecule has 0 saturated carbocycles. The predicted octanol–water partition coefficient (Wildman–Crippen LogP) is 1.70. The first-order valence-corrected chi connectivity index (χ1v) is 10.7. The summed E-state index contributed by atoms with van der Waals surface area (Å²) in [6.07, 6.45) is 2.48. The lowest BCUT2D eigenvalue weighted by Gasteiger charge is -2.22. The number of halogens is 1. The van der Waals surface area contributed by atoms with Crippen molar-refractivity contribution < 1.29 is 14.3 Å². The van der Waals surface area contributed by atoms with Gasteiger partial charge in [-0.15, -0.1) is 11.3 Å². The maximum atomic E-state index is 13.2. The van der Waals surface area contributed by atoms with Crippen molar-refractivity contribution in [3.63, 3.8) is 0 Å². The fourth-order valence-corrected chi connectivity index (χ4v) is 4.88. The first kappa shape index (κ1) is 20.3. The minimum atomic E-state index is -0.169. The van der Waals surface area contributed by atoms with Crippen molar-refractivity contribution in [2.75, 3.05) is 33.9 Å². The Kier molecular flexibility index (Phi) is 5.91. The fourth-order valence-electron chi connectivity index (χ4n) is 3.94. The second-order valence-corrected chi connectivity index (χ2v) is 9.27. The molecule has 2 aliphatic rings. The van der Waals surface area contributed by atoms with Crippen LogP contribution in [0.15, 0.2) is 18.3 Å². The summed E-state index contributed by atoms with van der Waals surface area (Å²) in [5.41, 5.74) is 0.452. The van der Waals surface area contributed by atoms with Gasteiger partial charge in [0.1, 0.15) is 11.5 Å². The van der Waals surface area contributed by atoms with Crippen LogP contribution >= 0.6 is 22.9 Å². The van der Waals surface area contributed by atoms with Gasteiger partial charge in [0.2, 0.25) is 0 Å². The van der Waals surface area contributed by atoms with Gasteiger partial charge in [0, 0.05) is 39.0 Å². The fraction of sp³-hybridized carbons (Fsp3) is 0.526. The van der Waals surface area contributed by atoms with E-state index in [2.05, 4.69) is 19.8 Å². The van der Waals surface area contributed by atoms with E-state index in [1.807, 2.05) is 13.2 Å². The molecule has 0 aliphatic carbocycles. The number of nitrogens with zero attached hydrogens (tertiary/aromatic N) is 4. The third-order valence-corrected chi connectivity index (χ3v) is 6.61. The summed E-state index contributed by atoms with van der Waals surface area (Å²) in [4.78, 5) is 34.7. The number of amides is 2. The predicted molar refractivity (Wildman–Crippen MR) is 110 cm³/mol. The van der Waals surface area contributed by atoms with Gasteiger partial charge in [-0.2, -0.15) is 0 Å². The van der Waals surface area contributed by atoms with Gasteiger partial charge in [-0.3, -0.25) is 14.5 Å². The maximum absolute atomic E-state index is 13.2. The van der Waals surface area contributed by atoms with Crippen molar-refractivity contribution in [2.24, 2.45) is 0 Å². The van der Waals surface area contributed by atoms with Crippen molar-refractivity contribution in [3.05, 3.63) is 39.1 Å². The number of rotatable bonds is 5. The number of carbonyl (C=O) groups is 2. The minimum Gasteiger partial charge on any atom is -0.383 e.